The topological polar surface area (TPSA) is 44.1 Å². The lowest BCUT2D eigenvalue weighted by atomic mass is 10.1. The van der Waals surface area contributed by atoms with E-state index in [1.807, 2.05) is 18.2 Å². The smallest absolute Gasteiger partial charge is 0.181 e. The Morgan fingerprint density at radius 3 is 2.48 bits per heavy atom. The lowest BCUT2D eigenvalue weighted by Gasteiger charge is -2.07. The van der Waals surface area contributed by atoms with Crippen molar-refractivity contribution in [2.24, 2.45) is 0 Å². The van der Waals surface area contributed by atoms with Crippen LogP contribution >= 0.6 is 0 Å². The average molecular weight is 374 g/mol. The van der Waals surface area contributed by atoms with Gasteiger partial charge in [-0.1, -0.05) is 42.5 Å². The van der Waals surface area contributed by atoms with E-state index in [1.54, 1.807) is 0 Å². The largest absolute Gasteiger partial charge is 0.454 e. The lowest BCUT2D eigenvalue weighted by Crippen LogP contribution is -1.93. The first-order valence-electron chi connectivity index (χ1n) is 9.55. The SMILES string of the molecule is c1ccc2c(c1)oc1c2ccc2c3ccccc3n(-c3ccc4ocnc4c3)c21. The Bertz CT molecular complexity index is 1720. The van der Waals surface area contributed by atoms with Gasteiger partial charge in [0, 0.05) is 27.2 Å². The Labute approximate surface area is 164 Å². The van der Waals surface area contributed by atoms with Crippen LogP contribution in [0.3, 0.4) is 0 Å². The molecule has 0 aliphatic rings. The lowest BCUT2D eigenvalue weighted by molar-refractivity contribution is 0.602. The molecule has 0 spiro atoms. The second kappa shape index (κ2) is 5.26. The summed E-state index contributed by atoms with van der Waals surface area (Å²) in [7, 11) is 0. The summed E-state index contributed by atoms with van der Waals surface area (Å²) < 4.78 is 14.1. The minimum absolute atomic E-state index is 0.781. The summed E-state index contributed by atoms with van der Waals surface area (Å²) in [6.07, 6.45) is 1.48. The zero-order valence-electron chi connectivity index (χ0n) is 15.3. The maximum atomic E-state index is 6.37. The number of oxazole rings is 1. The zero-order valence-corrected chi connectivity index (χ0v) is 15.3. The number of para-hydroxylation sites is 2. The Morgan fingerprint density at radius 1 is 0.690 bits per heavy atom. The molecular formula is C25H14N2O2. The van der Waals surface area contributed by atoms with Crippen LogP contribution in [-0.2, 0) is 0 Å². The maximum absolute atomic E-state index is 6.37. The molecule has 0 N–H and O–H groups in total. The predicted octanol–water partition coefficient (Wildman–Crippen LogP) is 6.82. The van der Waals surface area contributed by atoms with Crippen LogP contribution in [0.5, 0.6) is 0 Å². The van der Waals surface area contributed by atoms with E-state index in [1.165, 1.54) is 17.2 Å². The van der Waals surface area contributed by atoms with Gasteiger partial charge >= 0.3 is 0 Å². The molecule has 7 aromatic rings. The second-order valence-electron chi connectivity index (χ2n) is 7.29. The van der Waals surface area contributed by atoms with Crippen LogP contribution in [0.1, 0.15) is 0 Å². The molecule has 0 radical (unpaired) electrons. The second-order valence-corrected chi connectivity index (χ2v) is 7.29. The highest BCUT2D eigenvalue weighted by Crippen LogP contribution is 2.40. The molecule has 29 heavy (non-hydrogen) atoms. The number of hydrogen-bond acceptors (Lipinski definition) is 3. The highest BCUT2D eigenvalue weighted by molar-refractivity contribution is 6.21. The zero-order chi connectivity index (χ0) is 18.9. The van der Waals surface area contributed by atoms with E-state index < -0.39 is 0 Å². The number of hydrogen-bond donors (Lipinski definition) is 0. The molecule has 0 bridgehead atoms. The Hall–Kier alpha value is -4.05. The molecule has 4 aromatic carbocycles. The summed E-state index contributed by atoms with van der Waals surface area (Å²) in [5.74, 6) is 0. The number of benzene rings is 4. The van der Waals surface area contributed by atoms with Gasteiger partial charge in [-0.05, 0) is 36.4 Å². The average Bonchev–Trinajstić information content (AvgIpc) is 3.46. The molecule has 0 aliphatic carbocycles. The highest BCUT2D eigenvalue weighted by atomic mass is 16.3. The van der Waals surface area contributed by atoms with E-state index in [-0.39, 0.29) is 0 Å². The van der Waals surface area contributed by atoms with Crippen molar-refractivity contribution in [2.75, 3.05) is 0 Å². The van der Waals surface area contributed by atoms with Crippen LogP contribution in [0, 0.1) is 0 Å². The fraction of sp³-hybridized carbons (Fsp3) is 0. The van der Waals surface area contributed by atoms with Crippen LogP contribution in [0.25, 0.3) is 60.5 Å². The molecule has 0 unspecified atom stereocenters. The molecule has 4 heteroatoms. The van der Waals surface area contributed by atoms with Gasteiger partial charge in [0.25, 0.3) is 0 Å². The molecular weight excluding hydrogens is 360 g/mol. The number of nitrogens with zero attached hydrogens (tertiary/aromatic N) is 2. The fourth-order valence-electron chi connectivity index (χ4n) is 4.48. The summed E-state index contributed by atoms with van der Waals surface area (Å²) in [5.41, 5.74) is 6.67. The first-order valence-corrected chi connectivity index (χ1v) is 9.55. The molecule has 7 rings (SSSR count). The summed E-state index contributed by atoms with van der Waals surface area (Å²) in [6, 6.07) is 27.1. The van der Waals surface area contributed by atoms with Gasteiger partial charge in [0.2, 0.25) is 0 Å². The normalized spacial score (nSPS) is 12.1. The number of rotatable bonds is 1. The van der Waals surface area contributed by atoms with Crippen LogP contribution in [0.15, 0.2) is 94.1 Å². The highest BCUT2D eigenvalue weighted by Gasteiger charge is 2.18. The van der Waals surface area contributed by atoms with E-state index in [2.05, 4.69) is 70.2 Å². The molecule has 4 nitrogen and oxygen atoms in total. The van der Waals surface area contributed by atoms with Crippen LogP contribution in [0.4, 0.5) is 0 Å². The van der Waals surface area contributed by atoms with Crippen LogP contribution in [0.2, 0.25) is 0 Å². The van der Waals surface area contributed by atoms with Gasteiger partial charge in [-0.3, -0.25) is 0 Å². The summed E-state index contributed by atoms with van der Waals surface area (Å²) in [4.78, 5) is 4.34. The van der Waals surface area contributed by atoms with Crippen molar-refractivity contribution < 1.29 is 8.83 Å². The van der Waals surface area contributed by atoms with E-state index >= 15 is 0 Å². The molecule has 0 aliphatic heterocycles. The van der Waals surface area contributed by atoms with Crippen molar-refractivity contribution in [3.8, 4) is 5.69 Å². The van der Waals surface area contributed by atoms with Crippen molar-refractivity contribution in [2.45, 2.75) is 0 Å². The molecule has 0 saturated carbocycles. The standard InChI is InChI=1S/C25H14N2O2/c1-3-7-21-16(5-1)18-10-11-19-17-6-2-4-8-22(17)29-25(19)24(18)27(21)15-9-12-23-20(13-15)26-14-28-23/h1-14H. The third-order valence-corrected chi connectivity index (χ3v) is 5.75. The number of aromatic nitrogens is 2. The van der Waals surface area contributed by atoms with E-state index in [0.717, 1.165) is 49.8 Å². The monoisotopic (exact) mass is 374 g/mol. The van der Waals surface area contributed by atoms with Gasteiger partial charge in [0.05, 0.1) is 11.0 Å². The molecule has 0 saturated heterocycles. The maximum Gasteiger partial charge on any atom is 0.181 e. The Balaban J connectivity index is 1.73. The summed E-state index contributed by atoms with van der Waals surface area (Å²) in [5, 5.41) is 4.63. The van der Waals surface area contributed by atoms with Crippen LogP contribution < -0.4 is 0 Å². The Morgan fingerprint density at radius 2 is 1.52 bits per heavy atom. The van der Waals surface area contributed by atoms with Gasteiger partial charge < -0.3 is 13.4 Å². The summed E-state index contributed by atoms with van der Waals surface area (Å²) in [6.45, 7) is 0. The first-order chi connectivity index (χ1) is 14.4. The minimum atomic E-state index is 0.781. The number of fused-ring (bicyclic) bond motifs is 8. The van der Waals surface area contributed by atoms with E-state index in [4.69, 9.17) is 8.83 Å². The van der Waals surface area contributed by atoms with E-state index in [0.29, 0.717) is 0 Å². The molecule has 0 atom stereocenters. The van der Waals surface area contributed by atoms with Gasteiger partial charge in [-0.25, -0.2) is 4.98 Å². The minimum Gasteiger partial charge on any atom is -0.454 e. The molecule has 3 heterocycles. The molecule has 136 valence electrons. The summed E-state index contributed by atoms with van der Waals surface area (Å²) >= 11 is 0. The van der Waals surface area contributed by atoms with Gasteiger partial charge in [0.15, 0.2) is 17.6 Å². The quantitative estimate of drug-likeness (QED) is 0.316. The van der Waals surface area contributed by atoms with Crippen molar-refractivity contribution in [1.82, 2.24) is 9.55 Å². The third kappa shape index (κ3) is 1.90. The predicted molar refractivity (Wildman–Crippen MR) is 116 cm³/mol. The van der Waals surface area contributed by atoms with Crippen molar-refractivity contribution in [3.63, 3.8) is 0 Å². The van der Waals surface area contributed by atoms with Gasteiger partial charge in [-0.15, -0.1) is 0 Å². The van der Waals surface area contributed by atoms with Crippen molar-refractivity contribution >= 4 is 54.8 Å². The molecule has 0 amide bonds. The molecule has 3 aromatic heterocycles. The van der Waals surface area contributed by atoms with Crippen molar-refractivity contribution in [3.05, 3.63) is 85.3 Å². The Kier molecular flexibility index (Phi) is 2.71. The first kappa shape index (κ1) is 14.9. The number of furan rings is 1. The van der Waals surface area contributed by atoms with Crippen molar-refractivity contribution in [1.29, 1.82) is 0 Å². The van der Waals surface area contributed by atoms with E-state index in [9.17, 15) is 0 Å². The van der Waals surface area contributed by atoms with Crippen LogP contribution in [-0.4, -0.2) is 9.55 Å². The fourth-order valence-corrected chi connectivity index (χ4v) is 4.48. The van der Waals surface area contributed by atoms with Gasteiger partial charge in [-0.2, -0.15) is 0 Å². The van der Waals surface area contributed by atoms with Gasteiger partial charge in [0.1, 0.15) is 11.1 Å². The molecule has 0 fully saturated rings. The third-order valence-electron chi connectivity index (χ3n) is 5.75.